The number of benzene rings is 2. The highest BCUT2D eigenvalue weighted by atomic mass is 35.5. The van der Waals surface area contributed by atoms with Crippen LogP contribution < -0.4 is 9.80 Å². The van der Waals surface area contributed by atoms with Crippen molar-refractivity contribution < 1.29 is 14.7 Å². The van der Waals surface area contributed by atoms with Crippen LogP contribution in [0.5, 0.6) is 11.5 Å². The molecule has 0 spiro atoms. The minimum Gasteiger partial charge on any atom is -0.457 e. The van der Waals surface area contributed by atoms with Gasteiger partial charge in [-0.2, -0.15) is 5.06 Å². The third kappa shape index (κ3) is 3.47. The number of halogens is 1. The second kappa shape index (κ2) is 5.73. The number of carbonyl (C=O) groups is 1. The third-order valence-corrected chi connectivity index (χ3v) is 2.68. The van der Waals surface area contributed by atoms with Crippen molar-refractivity contribution in [3.05, 3.63) is 53.6 Å². The molecular weight excluding hydrogens is 266 g/mol. The molecule has 2 aromatic carbocycles. The van der Waals surface area contributed by atoms with Crippen LogP contribution in [0.25, 0.3) is 0 Å². The number of hydrogen-bond acceptors (Lipinski definition) is 3. The van der Waals surface area contributed by atoms with Gasteiger partial charge in [-0.25, -0.2) is 0 Å². The van der Waals surface area contributed by atoms with Crippen molar-refractivity contribution in [2.24, 2.45) is 0 Å². The summed E-state index contributed by atoms with van der Waals surface area (Å²) in [5, 5.41) is 10.7. The SMILES string of the molecule is CC(=O)N(O)c1ccc(Oc2ccc(Cl)cc2)cc1. The van der Waals surface area contributed by atoms with Crippen molar-refractivity contribution >= 4 is 23.2 Å². The monoisotopic (exact) mass is 277 g/mol. The Kier molecular flexibility index (Phi) is 4.04. The Morgan fingerprint density at radius 1 is 1.05 bits per heavy atom. The maximum atomic E-state index is 11.0. The van der Waals surface area contributed by atoms with E-state index in [0.29, 0.717) is 27.3 Å². The van der Waals surface area contributed by atoms with E-state index in [1.54, 1.807) is 48.5 Å². The molecule has 1 N–H and O–H groups in total. The van der Waals surface area contributed by atoms with E-state index in [1.165, 1.54) is 6.92 Å². The van der Waals surface area contributed by atoms with E-state index in [4.69, 9.17) is 16.3 Å². The van der Waals surface area contributed by atoms with Crippen molar-refractivity contribution in [1.29, 1.82) is 0 Å². The molecule has 0 radical (unpaired) electrons. The van der Waals surface area contributed by atoms with Crippen LogP contribution in [0.1, 0.15) is 6.92 Å². The summed E-state index contributed by atoms with van der Waals surface area (Å²) in [6.45, 7) is 1.28. The standard InChI is InChI=1S/C14H12ClNO3/c1-10(17)16(18)12-4-8-14(9-5-12)19-13-6-2-11(15)3-7-13/h2-9,18H,1H3. The van der Waals surface area contributed by atoms with Crippen molar-refractivity contribution in [2.75, 3.05) is 5.06 Å². The molecule has 2 aromatic rings. The molecule has 0 bridgehead atoms. The van der Waals surface area contributed by atoms with Gasteiger partial charge in [-0.3, -0.25) is 10.0 Å². The van der Waals surface area contributed by atoms with E-state index >= 15 is 0 Å². The number of anilines is 1. The molecule has 0 saturated carbocycles. The smallest absolute Gasteiger partial charge is 0.247 e. The Labute approximate surface area is 115 Å². The highest BCUT2D eigenvalue weighted by molar-refractivity contribution is 6.30. The van der Waals surface area contributed by atoms with Gasteiger partial charge in [-0.15, -0.1) is 0 Å². The molecule has 4 nitrogen and oxygen atoms in total. The van der Waals surface area contributed by atoms with E-state index in [9.17, 15) is 10.0 Å². The zero-order valence-corrected chi connectivity index (χ0v) is 11.0. The van der Waals surface area contributed by atoms with E-state index in [-0.39, 0.29) is 0 Å². The second-order valence-electron chi connectivity index (χ2n) is 3.88. The van der Waals surface area contributed by atoms with E-state index < -0.39 is 5.91 Å². The summed E-state index contributed by atoms with van der Waals surface area (Å²) < 4.78 is 5.58. The summed E-state index contributed by atoms with van der Waals surface area (Å²) in [7, 11) is 0. The summed E-state index contributed by atoms with van der Waals surface area (Å²) in [5.74, 6) is 0.805. The molecule has 0 heterocycles. The van der Waals surface area contributed by atoms with E-state index in [2.05, 4.69) is 0 Å². The molecule has 0 atom stereocenters. The Morgan fingerprint density at radius 2 is 1.53 bits per heavy atom. The van der Waals surface area contributed by atoms with Gasteiger partial charge in [-0.05, 0) is 48.5 Å². The molecule has 0 aliphatic carbocycles. The minimum absolute atomic E-state index is 0.385. The van der Waals surface area contributed by atoms with Crippen LogP contribution in [0.3, 0.4) is 0 Å². The maximum absolute atomic E-state index is 11.0. The molecule has 98 valence electrons. The van der Waals surface area contributed by atoms with Crippen LogP contribution in [0.4, 0.5) is 5.69 Å². The number of rotatable bonds is 3. The quantitative estimate of drug-likeness (QED) is 0.684. The predicted octanol–water partition coefficient (Wildman–Crippen LogP) is 3.87. The Morgan fingerprint density at radius 3 is 2.00 bits per heavy atom. The largest absolute Gasteiger partial charge is 0.457 e. The fraction of sp³-hybridized carbons (Fsp3) is 0.0714. The van der Waals surface area contributed by atoms with Crippen LogP contribution in [0, 0.1) is 0 Å². The Balaban J connectivity index is 2.10. The van der Waals surface area contributed by atoms with Gasteiger partial charge in [0.2, 0.25) is 5.91 Å². The summed E-state index contributed by atoms with van der Waals surface area (Å²) in [4.78, 5) is 11.0. The summed E-state index contributed by atoms with van der Waals surface area (Å²) in [6, 6.07) is 13.5. The van der Waals surface area contributed by atoms with Gasteiger partial charge >= 0.3 is 0 Å². The number of amides is 1. The first kappa shape index (κ1) is 13.4. The topological polar surface area (TPSA) is 49.8 Å². The first-order valence-electron chi connectivity index (χ1n) is 5.59. The van der Waals surface area contributed by atoms with Crippen molar-refractivity contribution in [2.45, 2.75) is 6.92 Å². The number of carbonyl (C=O) groups excluding carboxylic acids is 1. The minimum atomic E-state index is -0.452. The highest BCUT2D eigenvalue weighted by Gasteiger charge is 2.07. The molecule has 2 rings (SSSR count). The van der Waals surface area contributed by atoms with Crippen LogP contribution in [-0.4, -0.2) is 11.1 Å². The normalized spacial score (nSPS) is 10.1. The van der Waals surface area contributed by atoms with Gasteiger partial charge in [0.1, 0.15) is 11.5 Å². The van der Waals surface area contributed by atoms with Crippen molar-refractivity contribution in [3.63, 3.8) is 0 Å². The lowest BCUT2D eigenvalue weighted by Crippen LogP contribution is -2.23. The molecular formula is C14H12ClNO3. The van der Waals surface area contributed by atoms with E-state index in [1.807, 2.05) is 0 Å². The van der Waals surface area contributed by atoms with Crippen LogP contribution in [-0.2, 0) is 4.79 Å². The zero-order valence-electron chi connectivity index (χ0n) is 10.2. The molecule has 0 saturated heterocycles. The number of nitrogens with zero attached hydrogens (tertiary/aromatic N) is 1. The molecule has 1 amide bonds. The average Bonchev–Trinajstić information content (AvgIpc) is 2.41. The first-order valence-corrected chi connectivity index (χ1v) is 5.97. The van der Waals surface area contributed by atoms with Crippen LogP contribution >= 0.6 is 11.6 Å². The predicted molar refractivity (Wildman–Crippen MR) is 72.9 cm³/mol. The number of ether oxygens (including phenoxy) is 1. The van der Waals surface area contributed by atoms with Gasteiger partial charge in [0.15, 0.2) is 0 Å². The molecule has 0 aromatic heterocycles. The second-order valence-corrected chi connectivity index (χ2v) is 4.32. The molecule has 0 aliphatic rings. The van der Waals surface area contributed by atoms with Gasteiger partial charge in [0.25, 0.3) is 0 Å². The lowest BCUT2D eigenvalue weighted by atomic mass is 10.3. The fourth-order valence-electron chi connectivity index (χ4n) is 1.48. The summed E-state index contributed by atoms with van der Waals surface area (Å²) in [6.07, 6.45) is 0. The molecule has 19 heavy (non-hydrogen) atoms. The van der Waals surface area contributed by atoms with Gasteiger partial charge < -0.3 is 4.74 Å². The van der Waals surface area contributed by atoms with Crippen molar-refractivity contribution in [3.8, 4) is 11.5 Å². The Hall–Kier alpha value is -2.04. The molecule has 5 heteroatoms. The third-order valence-electron chi connectivity index (χ3n) is 2.43. The van der Waals surface area contributed by atoms with Crippen LogP contribution in [0.2, 0.25) is 5.02 Å². The lowest BCUT2D eigenvalue weighted by Gasteiger charge is -2.13. The molecule has 0 unspecified atom stereocenters. The first-order chi connectivity index (χ1) is 9.06. The van der Waals surface area contributed by atoms with Crippen LogP contribution in [0.15, 0.2) is 48.5 Å². The van der Waals surface area contributed by atoms with Gasteiger partial charge in [0, 0.05) is 11.9 Å². The molecule has 0 aliphatic heterocycles. The van der Waals surface area contributed by atoms with Crippen molar-refractivity contribution in [1.82, 2.24) is 0 Å². The highest BCUT2D eigenvalue weighted by Crippen LogP contribution is 2.25. The number of hydrogen-bond donors (Lipinski definition) is 1. The fourth-order valence-corrected chi connectivity index (χ4v) is 1.60. The van der Waals surface area contributed by atoms with Gasteiger partial charge in [0.05, 0.1) is 5.69 Å². The van der Waals surface area contributed by atoms with Gasteiger partial charge in [-0.1, -0.05) is 11.6 Å². The lowest BCUT2D eigenvalue weighted by molar-refractivity contribution is -0.121. The molecule has 0 fully saturated rings. The maximum Gasteiger partial charge on any atom is 0.247 e. The summed E-state index contributed by atoms with van der Waals surface area (Å²) >= 11 is 5.78. The zero-order chi connectivity index (χ0) is 13.8. The average molecular weight is 278 g/mol. The van der Waals surface area contributed by atoms with E-state index in [0.717, 1.165) is 0 Å². The number of hydroxylamine groups is 1. The Bertz CT molecular complexity index is 566. The summed E-state index contributed by atoms with van der Waals surface area (Å²) in [5.41, 5.74) is 0.385.